The molecule has 1 aliphatic heterocycles. The van der Waals surface area contributed by atoms with Gasteiger partial charge in [0.25, 0.3) is 0 Å². The summed E-state index contributed by atoms with van der Waals surface area (Å²) in [7, 11) is 0. The fourth-order valence-electron chi connectivity index (χ4n) is 1.89. The number of nitrogens with zero attached hydrogens (tertiary/aromatic N) is 3. The van der Waals surface area contributed by atoms with Crippen LogP contribution in [0.1, 0.15) is 13.8 Å². The van der Waals surface area contributed by atoms with Gasteiger partial charge in [0.2, 0.25) is 11.9 Å². The number of nitrogens with one attached hydrogen (secondary N) is 1. The van der Waals surface area contributed by atoms with Crippen molar-refractivity contribution in [3.8, 4) is 0 Å². The second kappa shape index (κ2) is 6.47. The van der Waals surface area contributed by atoms with Gasteiger partial charge >= 0.3 is 0 Å². The maximum absolute atomic E-state index is 12.2. The van der Waals surface area contributed by atoms with Crippen molar-refractivity contribution in [1.82, 2.24) is 15.3 Å². The van der Waals surface area contributed by atoms with E-state index in [1.165, 1.54) is 0 Å². The zero-order chi connectivity index (χ0) is 13.8. The van der Waals surface area contributed by atoms with Gasteiger partial charge in [-0.1, -0.05) is 0 Å². The van der Waals surface area contributed by atoms with E-state index in [1.807, 2.05) is 18.7 Å². The van der Waals surface area contributed by atoms with Gasteiger partial charge in [0.15, 0.2) is 0 Å². The number of morpholine rings is 1. The summed E-state index contributed by atoms with van der Waals surface area (Å²) in [6.45, 7) is 5.45. The van der Waals surface area contributed by atoms with E-state index in [-0.39, 0.29) is 18.0 Å². The minimum atomic E-state index is -0.365. The molecule has 2 rings (SSSR count). The van der Waals surface area contributed by atoms with Gasteiger partial charge in [-0.3, -0.25) is 4.79 Å². The van der Waals surface area contributed by atoms with Crippen molar-refractivity contribution in [2.75, 3.05) is 24.7 Å². The van der Waals surface area contributed by atoms with Gasteiger partial charge in [0.05, 0.1) is 13.2 Å². The lowest BCUT2D eigenvalue weighted by atomic mass is 10.2. The number of aromatic nitrogens is 2. The van der Waals surface area contributed by atoms with E-state index in [4.69, 9.17) is 4.74 Å². The summed E-state index contributed by atoms with van der Waals surface area (Å²) in [5.41, 5.74) is 0. The highest BCUT2D eigenvalue weighted by Gasteiger charge is 2.31. The van der Waals surface area contributed by atoms with Gasteiger partial charge in [-0.15, -0.1) is 0 Å². The Bertz CT molecular complexity index is 438. The van der Waals surface area contributed by atoms with Crippen LogP contribution in [-0.4, -0.2) is 47.7 Å². The first-order valence-electron chi connectivity index (χ1n) is 6.20. The van der Waals surface area contributed by atoms with Crippen LogP contribution < -0.4 is 10.2 Å². The largest absolute Gasteiger partial charge is 0.377 e. The predicted octanol–water partition coefficient (Wildman–Crippen LogP) is 0.811. The normalized spacial score (nSPS) is 19.6. The summed E-state index contributed by atoms with van der Waals surface area (Å²) in [5, 5.41) is 2.91. The second-order valence-electron chi connectivity index (χ2n) is 4.65. The molecule has 0 radical (unpaired) electrons. The third-order valence-electron chi connectivity index (χ3n) is 2.73. The van der Waals surface area contributed by atoms with Crippen LogP contribution >= 0.6 is 22.6 Å². The Balaban J connectivity index is 2.15. The van der Waals surface area contributed by atoms with Crippen LogP contribution in [0.3, 0.4) is 0 Å². The molecule has 0 saturated carbocycles. The van der Waals surface area contributed by atoms with Gasteiger partial charge in [-0.2, -0.15) is 0 Å². The fraction of sp³-hybridized carbons (Fsp3) is 0.583. The maximum Gasteiger partial charge on any atom is 0.245 e. The highest BCUT2D eigenvalue weighted by atomic mass is 127. The SMILES string of the molecule is CC(C)NC(=O)C1COCCN1c1ncc(I)cn1. The summed E-state index contributed by atoms with van der Waals surface area (Å²) >= 11 is 2.15. The van der Waals surface area contributed by atoms with Crippen molar-refractivity contribution >= 4 is 34.4 Å². The topological polar surface area (TPSA) is 67.3 Å². The Morgan fingerprint density at radius 2 is 2.21 bits per heavy atom. The molecular weight excluding hydrogens is 359 g/mol. The number of hydrogen-bond acceptors (Lipinski definition) is 5. The first-order chi connectivity index (χ1) is 9.08. The molecule has 1 fully saturated rings. The Hall–Kier alpha value is -0.960. The van der Waals surface area contributed by atoms with E-state index >= 15 is 0 Å². The first-order valence-corrected chi connectivity index (χ1v) is 7.28. The lowest BCUT2D eigenvalue weighted by Gasteiger charge is -2.34. The van der Waals surface area contributed by atoms with Crippen molar-refractivity contribution in [3.05, 3.63) is 16.0 Å². The molecule has 104 valence electrons. The van der Waals surface area contributed by atoms with Gasteiger partial charge in [-0.05, 0) is 36.4 Å². The Morgan fingerprint density at radius 3 is 2.84 bits per heavy atom. The quantitative estimate of drug-likeness (QED) is 0.791. The van der Waals surface area contributed by atoms with Crippen LogP contribution in [0.5, 0.6) is 0 Å². The van der Waals surface area contributed by atoms with Crippen molar-refractivity contribution in [2.24, 2.45) is 0 Å². The van der Waals surface area contributed by atoms with Crippen LogP contribution in [0.2, 0.25) is 0 Å². The fourth-order valence-corrected chi connectivity index (χ4v) is 2.17. The molecule has 0 aromatic carbocycles. The molecule has 19 heavy (non-hydrogen) atoms. The van der Waals surface area contributed by atoms with E-state index in [0.29, 0.717) is 25.7 Å². The minimum absolute atomic E-state index is 0.0446. The van der Waals surface area contributed by atoms with Gasteiger partial charge in [-0.25, -0.2) is 9.97 Å². The molecular formula is C12H17IN4O2. The van der Waals surface area contributed by atoms with Crippen molar-refractivity contribution in [1.29, 1.82) is 0 Å². The Kier molecular flexibility index (Phi) is 4.92. The average Bonchev–Trinajstić information content (AvgIpc) is 2.39. The van der Waals surface area contributed by atoms with Crippen LogP contribution in [0, 0.1) is 3.57 Å². The number of hydrogen-bond donors (Lipinski definition) is 1. The number of amides is 1. The van der Waals surface area contributed by atoms with Gasteiger partial charge in [0, 0.05) is 28.6 Å². The molecule has 1 atom stereocenters. The molecule has 1 aromatic heterocycles. The number of carbonyl (C=O) groups excluding carboxylic acids is 1. The molecule has 1 amide bonds. The maximum atomic E-state index is 12.2. The molecule has 0 bridgehead atoms. The summed E-state index contributed by atoms with van der Waals surface area (Å²) in [5.74, 6) is 0.532. The van der Waals surface area contributed by atoms with Crippen molar-refractivity contribution < 1.29 is 9.53 Å². The van der Waals surface area contributed by atoms with E-state index in [1.54, 1.807) is 12.4 Å². The Morgan fingerprint density at radius 1 is 1.53 bits per heavy atom. The smallest absolute Gasteiger partial charge is 0.245 e. The van der Waals surface area contributed by atoms with Crippen LogP contribution in [0.15, 0.2) is 12.4 Å². The lowest BCUT2D eigenvalue weighted by Crippen LogP contribution is -2.55. The van der Waals surface area contributed by atoms with Gasteiger partial charge in [0.1, 0.15) is 6.04 Å². The summed E-state index contributed by atoms with van der Waals surface area (Å²) < 4.78 is 6.37. The minimum Gasteiger partial charge on any atom is -0.377 e. The van der Waals surface area contributed by atoms with E-state index in [0.717, 1.165) is 3.57 Å². The summed E-state index contributed by atoms with van der Waals surface area (Å²) in [6, 6.07) is -0.259. The molecule has 0 spiro atoms. The second-order valence-corrected chi connectivity index (χ2v) is 5.89. The highest BCUT2D eigenvalue weighted by molar-refractivity contribution is 14.1. The molecule has 1 aromatic rings. The standard InChI is InChI=1S/C12H17IN4O2/c1-8(2)16-11(18)10-7-19-4-3-17(10)12-14-5-9(13)6-15-12/h5-6,8,10H,3-4,7H2,1-2H3,(H,16,18). The molecule has 0 aliphatic carbocycles. The van der Waals surface area contributed by atoms with E-state index < -0.39 is 0 Å². The zero-order valence-electron chi connectivity index (χ0n) is 11.0. The number of halogens is 1. The Labute approximate surface area is 126 Å². The summed E-state index contributed by atoms with van der Waals surface area (Å²) in [4.78, 5) is 22.6. The monoisotopic (exact) mass is 376 g/mol. The highest BCUT2D eigenvalue weighted by Crippen LogP contribution is 2.15. The van der Waals surface area contributed by atoms with E-state index in [9.17, 15) is 4.79 Å². The zero-order valence-corrected chi connectivity index (χ0v) is 13.1. The number of carbonyl (C=O) groups is 1. The van der Waals surface area contributed by atoms with E-state index in [2.05, 4.69) is 37.9 Å². The number of rotatable bonds is 3. The van der Waals surface area contributed by atoms with Gasteiger partial charge < -0.3 is 15.0 Å². The van der Waals surface area contributed by atoms with Crippen LogP contribution in [0.4, 0.5) is 5.95 Å². The molecule has 7 heteroatoms. The molecule has 1 aliphatic rings. The molecule has 6 nitrogen and oxygen atoms in total. The van der Waals surface area contributed by atoms with Crippen LogP contribution in [-0.2, 0) is 9.53 Å². The number of ether oxygens (including phenoxy) is 1. The first kappa shape index (κ1) is 14.4. The van der Waals surface area contributed by atoms with Crippen LogP contribution in [0.25, 0.3) is 0 Å². The average molecular weight is 376 g/mol. The molecule has 2 heterocycles. The third kappa shape index (κ3) is 3.75. The van der Waals surface area contributed by atoms with Crippen molar-refractivity contribution in [2.45, 2.75) is 25.9 Å². The molecule has 1 unspecified atom stereocenters. The molecule has 1 saturated heterocycles. The lowest BCUT2D eigenvalue weighted by molar-refractivity contribution is -0.125. The summed E-state index contributed by atoms with van der Waals surface area (Å²) in [6.07, 6.45) is 3.49. The van der Waals surface area contributed by atoms with Crippen molar-refractivity contribution in [3.63, 3.8) is 0 Å². The number of anilines is 1. The predicted molar refractivity (Wildman–Crippen MR) is 80.0 cm³/mol. The third-order valence-corrected chi connectivity index (χ3v) is 3.28. The molecule has 1 N–H and O–H groups in total.